The van der Waals surface area contributed by atoms with Gasteiger partial charge in [0.05, 0.1) is 4.90 Å². The number of halogens is 1. The van der Waals surface area contributed by atoms with Gasteiger partial charge in [-0.2, -0.15) is 4.98 Å². The van der Waals surface area contributed by atoms with Crippen LogP contribution in [0.1, 0.15) is 12.3 Å². The first-order valence-electron chi connectivity index (χ1n) is 8.00. The summed E-state index contributed by atoms with van der Waals surface area (Å²) in [6, 6.07) is 13.1. The molecule has 0 aliphatic heterocycles. The molecule has 0 unspecified atom stereocenters. The van der Waals surface area contributed by atoms with Gasteiger partial charge in [0, 0.05) is 35.4 Å². The minimum absolute atomic E-state index is 0.116. The van der Waals surface area contributed by atoms with Gasteiger partial charge >= 0.3 is 0 Å². The topological polar surface area (TPSA) is 102 Å². The van der Waals surface area contributed by atoms with Crippen molar-refractivity contribution in [2.24, 2.45) is 0 Å². The molecule has 3 rings (SSSR count). The summed E-state index contributed by atoms with van der Waals surface area (Å²) in [7, 11) is -3.34. The zero-order valence-corrected chi connectivity index (χ0v) is 15.9. The molecule has 140 valence electrons. The molecule has 0 spiro atoms. The molecular weight excluding hydrogens is 390 g/mol. The van der Waals surface area contributed by atoms with E-state index in [2.05, 4.69) is 15.5 Å². The zero-order valence-electron chi connectivity index (χ0n) is 14.3. The van der Waals surface area contributed by atoms with Crippen molar-refractivity contribution in [3.63, 3.8) is 0 Å². The summed E-state index contributed by atoms with van der Waals surface area (Å²) in [5.41, 5.74) is 1.17. The molecule has 2 aromatic carbocycles. The van der Waals surface area contributed by atoms with E-state index >= 15 is 0 Å². The van der Waals surface area contributed by atoms with Crippen molar-refractivity contribution in [3.8, 4) is 11.4 Å². The number of aryl methyl sites for hydroxylation is 1. The van der Waals surface area contributed by atoms with E-state index in [-0.39, 0.29) is 23.6 Å². The Morgan fingerprint density at radius 3 is 2.63 bits per heavy atom. The number of anilines is 1. The van der Waals surface area contributed by atoms with E-state index in [0.29, 0.717) is 22.4 Å². The predicted octanol–water partition coefficient (Wildman–Crippen LogP) is 3.36. The summed E-state index contributed by atoms with van der Waals surface area (Å²) in [6.45, 7) is 0. The molecule has 0 saturated carbocycles. The number of rotatable bonds is 6. The van der Waals surface area contributed by atoms with Crippen LogP contribution in [0.3, 0.4) is 0 Å². The van der Waals surface area contributed by atoms with E-state index in [0.717, 1.165) is 11.8 Å². The quantitative estimate of drug-likeness (QED) is 0.674. The maximum absolute atomic E-state index is 12.1. The fourth-order valence-electron chi connectivity index (χ4n) is 2.32. The number of carbonyl (C=O) groups excluding carboxylic acids is 1. The van der Waals surface area contributed by atoms with Crippen LogP contribution in [-0.4, -0.2) is 30.7 Å². The van der Waals surface area contributed by atoms with Crippen molar-refractivity contribution in [2.45, 2.75) is 17.7 Å². The lowest BCUT2D eigenvalue weighted by atomic mass is 10.2. The average molecular weight is 406 g/mol. The van der Waals surface area contributed by atoms with Crippen molar-refractivity contribution < 1.29 is 17.7 Å². The Bertz CT molecular complexity index is 1060. The number of nitrogens with one attached hydrogen (secondary N) is 1. The van der Waals surface area contributed by atoms with Gasteiger partial charge in [-0.3, -0.25) is 4.79 Å². The third-order valence-electron chi connectivity index (χ3n) is 3.68. The number of amides is 1. The second-order valence-electron chi connectivity index (χ2n) is 5.87. The number of carbonyl (C=O) groups is 1. The van der Waals surface area contributed by atoms with E-state index < -0.39 is 9.84 Å². The van der Waals surface area contributed by atoms with Crippen LogP contribution in [0.5, 0.6) is 0 Å². The number of hydrogen-bond donors (Lipinski definition) is 1. The summed E-state index contributed by atoms with van der Waals surface area (Å²) in [5.74, 6) is 0.467. The largest absolute Gasteiger partial charge is 0.339 e. The smallest absolute Gasteiger partial charge is 0.227 e. The minimum atomic E-state index is -3.34. The number of aromatic nitrogens is 2. The van der Waals surface area contributed by atoms with Gasteiger partial charge in [0.15, 0.2) is 9.84 Å². The second kappa shape index (κ2) is 7.89. The summed E-state index contributed by atoms with van der Waals surface area (Å²) in [4.78, 5) is 16.5. The third kappa shape index (κ3) is 5.15. The fraction of sp³-hybridized carbons (Fsp3) is 0.167. The summed E-state index contributed by atoms with van der Waals surface area (Å²) in [6.07, 6.45) is 1.49. The molecule has 0 radical (unpaired) electrons. The van der Waals surface area contributed by atoms with E-state index in [4.69, 9.17) is 16.1 Å². The van der Waals surface area contributed by atoms with Crippen LogP contribution < -0.4 is 5.32 Å². The van der Waals surface area contributed by atoms with Crippen molar-refractivity contribution in [1.82, 2.24) is 10.1 Å². The molecule has 1 amide bonds. The first-order chi connectivity index (χ1) is 12.8. The molecule has 0 saturated heterocycles. The average Bonchev–Trinajstić information content (AvgIpc) is 3.09. The minimum Gasteiger partial charge on any atom is -0.339 e. The van der Waals surface area contributed by atoms with Crippen LogP contribution in [-0.2, 0) is 21.1 Å². The van der Waals surface area contributed by atoms with Crippen LogP contribution in [0.15, 0.2) is 57.9 Å². The second-order valence-corrected chi connectivity index (χ2v) is 8.32. The Kier molecular flexibility index (Phi) is 5.57. The molecule has 0 aliphatic rings. The number of nitrogens with zero attached hydrogens (tertiary/aromatic N) is 2. The lowest BCUT2D eigenvalue weighted by Crippen LogP contribution is -2.12. The van der Waals surface area contributed by atoms with E-state index in [1.54, 1.807) is 36.4 Å². The van der Waals surface area contributed by atoms with Gasteiger partial charge in [-0.1, -0.05) is 22.8 Å². The molecule has 0 atom stereocenters. The predicted molar refractivity (Wildman–Crippen MR) is 101 cm³/mol. The summed E-state index contributed by atoms with van der Waals surface area (Å²) in [5, 5.41) is 7.16. The SMILES string of the molecule is CS(=O)(=O)c1cccc(NC(=O)CCc2nc(-c3ccc(Cl)cc3)no2)c1. The van der Waals surface area contributed by atoms with Crippen molar-refractivity contribution in [3.05, 3.63) is 59.4 Å². The molecule has 27 heavy (non-hydrogen) atoms. The lowest BCUT2D eigenvalue weighted by Gasteiger charge is -2.06. The third-order valence-corrected chi connectivity index (χ3v) is 5.04. The highest BCUT2D eigenvalue weighted by Crippen LogP contribution is 2.19. The van der Waals surface area contributed by atoms with Crippen LogP contribution in [0.4, 0.5) is 5.69 Å². The van der Waals surface area contributed by atoms with Gasteiger partial charge in [-0.15, -0.1) is 0 Å². The maximum Gasteiger partial charge on any atom is 0.227 e. The van der Waals surface area contributed by atoms with Gasteiger partial charge in [-0.05, 0) is 42.5 Å². The molecular formula is C18H16ClN3O4S. The Labute approximate surface area is 161 Å². The number of hydrogen-bond acceptors (Lipinski definition) is 6. The van der Waals surface area contributed by atoms with E-state index in [1.807, 2.05) is 0 Å². The van der Waals surface area contributed by atoms with Gasteiger partial charge in [0.2, 0.25) is 17.6 Å². The molecule has 0 aliphatic carbocycles. The van der Waals surface area contributed by atoms with Crippen LogP contribution in [0, 0.1) is 0 Å². The summed E-state index contributed by atoms with van der Waals surface area (Å²) < 4.78 is 28.3. The Hall–Kier alpha value is -2.71. The van der Waals surface area contributed by atoms with E-state index in [9.17, 15) is 13.2 Å². The first kappa shape index (κ1) is 19.1. The van der Waals surface area contributed by atoms with Gasteiger partial charge in [-0.25, -0.2) is 8.42 Å². The first-order valence-corrected chi connectivity index (χ1v) is 10.3. The van der Waals surface area contributed by atoms with Crippen LogP contribution in [0.25, 0.3) is 11.4 Å². The molecule has 0 bridgehead atoms. The van der Waals surface area contributed by atoms with Crippen molar-refractivity contribution >= 4 is 33.0 Å². The maximum atomic E-state index is 12.1. The molecule has 9 heteroatoms. The standard InChI is InChI=1S/C18H16ClN3O4S/c1-27(24,25)15-4-2-3-14(11-15)20-16(23)9-10-17-21-18(22-26-17)12-5-7-13(19)8-6-12/h2-8,11H,9-10H2,1H3,(H,20,23). The van der Waals surface area contributed by atoms with E-state index in [1.165, 1.54) is 12.1 Å². The Morgan fingerprint density at radius 2 is 1.93 bits per heavy atom. The molecule has 1 heterocycles. The normalized spacial score (nSPS) is 11.3. The zero-order chi connectivity index (χ0) is 19.4. The number of sulfone groups is 1. The monoisotopic (exact) mass is 405 g/mol. The molecule has 1 N–H and O–H groups in total. The highest BCUT2D eigenvalue weighted by atomic mass is 35.5. The summed E-state index contributed by atoms with van der Waals surface area (Å²) >= 11 is 5.85. The van der Waals surface area contributed by atoms with Crippen LogP contribution in [0.2, 0.25) is 5.02 Å². The highest BCUT2D eigenvalue weighted by Gasteiger charge is 2.12. The van der Waals surface area contributed by atoms with Gasteiger partial charge in [0.25, 0.3) is 0 Å². The highest BCUT2D eigenvalue weighted by molar-refractivity contribution is 7.90. The lowest BCUT2D eigenvalue weighted by molar-refractivity contribution is -0.116. The van der Waals surface area contributed by atoms with Crippen molar-refractivity contribution in [1.29, 1.82) is 0 Å². The molecule has 7 nitrogen and oxygen atoms in total. The van der Waals surface area contributed by atoms with Gasteiger partial charge in [0.1, 0.15) is 0 Å². The van der Waals surface area contributed by atoms with Crippen molar-refractivity contribution in [2.75, 3.05) is 11.6 Å². The Balaban J connectivity index is 1.59. The molecule has 0 fully saturated rings. The molecule has 1 aromatic heterocycles. The fourth-order valence-corrected chi connectivity index (χ4v) is 3.11. The van der Waals surface area contributed by atoms with Gasteiger partial charge < -0.3 is 9.84 Å². The van der Waals surface area contributed by atoms with Crippen LogP contribution >= 0.6 is 11.6 Å². The molecule has 3 aromatic rings. The Morgan fingerprint density at radius 1 is 1.19 bits per heavy atom. The number of benzene rings is 2.